The third-order valence-electron chi connectivity index (χ3n) is 5.79. The van der Waals surface area contributed by atoms with Crippen molar-refractivity contribution < 1.29 is 28.4 Å². The summed E-state index contributed by atoms with van der Waals surface area (Å²) in [6, 6.07) is 14.5. The molecule has 1 aliphatic heterocycles. The van der Waals surface area contributed by atoms with Gasteiger partial charge in [-0.3, -0.25) is 0 Å². The van der Waals surface area contributed by atoms with Gasteiger partial charge in [0.2, 0.25) is 0 Å². The Hall–Kier alpha value is -3.17. The summed E-state index contributed by atoms with van der Waals surface area (Å²) < 4.78 is 22.7. The number of ether oxygens (including phenoxy) is 2. The number of amides is 1. The molecule has 0 radical (unpaired) electrons. The normalized spacial score (nSPS) is 16.7. The van der Waals surface area contributed by atoms with Gasteiger partial charge in [-0.25, -0.2) is 14.6 Å². The minimum absolute atomic E-state index is 0.107. The van der Waals surface area contributed by atoms with Crippen LogP contribution in [-0.4, -0.2) is 48.5 Å². The molecule has 0 atom stereocenters. The number of esters is 1. The highest BCUT2D eigenvalue weighted by molar-refractivity contribution is 6.56. The second-order valence-corrected chi connectivity index (χ2v) is 8.89. The maximum atomic E-state index is 12.3. The van der Waals surface area contributed by atoms with E-state index in [1.54, 1.807) is 31.2 Å². The van der Waals surface area contributed by atoms with E-state index in [-0.39, 0.29) is 25.5 Å². The first kappa shape index (κ1) is 25.5. The van der Waals surface area contributed by atoms with Crippen molar-refractivity contribution in [3.8, 4) is 0 Å². The number of nitrogens with zero attached hydrogens (tertiary/aromatic N) is 1. The van der Waals surface area contributed by atoms with E-state index in [1.165, 1.54) is 0 Å². The van der Waals surface area contributed by atoms with Gasteiger partial charge in [-0.15, -0.1) is 0 Å². The van der Waals surface area contributed by atoms with E-state index in [9.17, 15) is 9.59 Å². The van der Waals surface area contributed by atoms with E-state index in [4.69, 9.17) is 18.8 Å². The van der Waals surface area contributed by atoms with Gasteiger partial charge < -0.3 is 24.1 Å². The number of carbonyl (C=O) groups is 2. The maximum Gasteiger partial charge on any atom is 0.492 e. The van der Waals surface area contributed by atoms with Gasteiger partial charge in [0, 0.05) is 6.54 Å². The van der Waals surface area contributed by atoms with Crippen molar-refractivity contribution >= 4 is 25.3 Å². The summed E-state index contributed by atoms with van der Waals surface area (Å²) >= 11 is 0. The zero-order valence-electron chi connectivity index (χ0n) is 20.3. The zero-order valence-corrected chi connectivity index (χ0v) is 20.3. The van der Waals surface area contributed by atoms with Crippen molar-refractivity contribution in [1.82, 2.24) is 10.3 Å². The van der Waals surface area contributed by atoms with Crippen molar-refractivity contribution in [2.45, 2.75) is 52.4 Å². The molecule has 1 N–H and O–H groups in total. The van der Waals surface area contributed by atoms with Crippen molar-refractivity contribution in [2.75, 3.05) is 13.2 Å². The highest BCUT2D eigenvalue weighted by Crippen LogP contribution is 2.38. The molecule has 0 bridgehead atoms. The lowest BCUT2D eigenvalue weighted by Gasteiger charge is -2.32. The van der Waals surface area contributed by atoms with Crippen molar-refractivity contribution in [1.29, 1.82) is 0 Å². The number of pyridine rings is 1. The number of benzene rings is 1. The summed E-state index contributed by atoms with van der Waals surface area (Å²) in [4.78, 5) is 28.8. The van der Waals surface area contributed by atoms with Crippen LogP contribution in [0.2, 0.25) is 0 Å². The second kappa shape index (κ2) is 10.8. The van der Waals surface area contributed by atoms with Crippen LogP contribution in [0, 0.1) is 0 Å². The van der Waals surface area contributed by atoms with Gasteiger partial charge in [0.25, 0.3) is 0 Å². The van der Waals surface area contributed by atoms with E-state index in [2.05, 4.69) is 10.3 Å². The predicted octanol–water partition coefficient (Wildman–Crippen LogP) is 4.20. The minimum atomic E-state index is -0.715. The number of aromatic nitrogens is 1. The predicted molar refractivity (Wildman–Crippen MR) is 129 cm³/mol. The van der Waals surface area contributed by atoms with Gasteiger partial charge in [-0.1, -0.05) is 36.4 Å². The van der Waals surface area contributed by atoms with Crippen LogP contribution in [0.15, 0.2) is 54.0 Å². The Balaban J connectivity index is 1.77. The monoisotopic (exact) mass is 466 g/mol. The van der Waals surface area contributed by atoms with Gasteiger partial charge >= 0.3 is 19.2 Å². The molecule has 1 fully saturated rings. The highest BCUT2D eigenvalue weighted by atomic mass is 16.7. The van der Waals surface area contributed by atoms with Crippen LogP contribution >= 0.6 is 0 Å². The summed E-state index contributed by atoms with van der Waals surface area (Å²) in [6.07, 6.45) is 1.17. The van der Waals surface area contributed by atoms with Crippen LogP contribution < -0.4 is 5.32 Å². The fourth-order valence-electron chi connectivity index (χ4n) is 3.19. The minimum Gasteiger partial charge on any atom is -0.461 e. The molecular weight excluding hydrogens is 435 g/mol. The molecule has 0 saturated carbocycles. The van der Waals surface area contributed by atoms with Crippen molar-refractivity contribution in [3.63, 3.8) is 0 Å². The van der Waals surface area contributed by atoms with Gasteiger partial charge in [-0.2, -0.15) is 0 Å². The molecule has 2 heterocycles. The third kappa shape index (κ3) is 6.45. The smallest absolute Gasteiger partial charge is 0.461 e. The molecule has 34 heavy (non-hydrogen) atoms. The third-order valence-corrected chi connectivity index (χ3v) is 5.79. The zero-order chi connectivity index (χ0) is 24.8. The molecule has 1 aromatic heterocycles. The first-order chi connectivity index (χ1) is 16.1. The Morgan fingerprint density at radius 1 is 1.00 bits per heavy atom. The lowest BCUT2D eigenvalue weighted by molar-refractivity contribution is 0.00578. The number of nitrogens with one attached hydrogen (secondary N) is 1. The molecule has 9 heteroatoms. The molecule has 0 unspecified atom stereocenters. The number of rotatable bonds is 8. The Morgan fingerprint density at radius 2 is 1.68 bits per heavy atom. The molecule has 8 nitrogen and oxygen atoms in total. The average Bonchev–Trinajstić information content (AvgIpc) is 3.03. The lowest BCUT2D eigenvalue weighted by atomic mass is 9.77. The number of carbonyl (C=O) groups excluding carboxylic acids is 2. The first-order valence-electron chi connectivity index (χ1n) is 11.3. The molecule has 2 aromatic rings. The number of hydrogen-bond acceptors (Lipinski definition) is 7. The Bertz CT molecular complexity index is 1020. The molecule has 1 aliphatic rings. The molecule has 1 amide bonds. The summed E-state index contributed by atoms with van der Waals surface area (Å²) in [5.74, 6) is -0.502. The quantitative estimate of drug-likeness (QED) is 0.460. The highest BCUT2D eigenvalue weighted by Gasteiger charge is 2.52. The van der Waals surface area contributed by atoms with Crippen LogP contribution in [0.5, 0.6) is 0 Å². The Labute approximate surface area is 200 Å². The van der Waals surface area contributed by atoms with Crippen LogP contribution in [0.4, 0.5) is 4.79 Å². The van der Waals surface area contributed by atoms with Crippen LogP contribution in [-0.2, 0) is 25.4 Å². The summed E-state index contributed by atoms with van der Waals surface area (Å²) in [5.41, 5.74) is 1.09. The van der Waals surface area contributed by atoms with Crippen molar-refractivity contribution in [3.05, 3.63) is 71.0 Å². The molecule has 1 aromatic carbocycles. The summed E-state index contributed by atoms with van der Waals surface area (Å²) in [6.45, 7) is 10.1. The molecule has 1 saturated heterocycles. The Morgan fingerprint density at radius 3 is 2.32 bits per heavy atom. The van der Waals surface area contributed by atoms with Crippen molar-refractivity contribution in [2.24, 2.45) is 0 Å². The van der Waals surface area contributed by atoms with Gasteiger partial charge in [0.15, 0.2) is 0 Å². The van der Waals surface area contributed by atoms with E-state index in [1.807, 2.05) is 58.0 Å². The first-order valence-corrected chi connectivity index (χ1v) is 11.3. The van der Waals surface area contributed by atoms with E-state index < -0.39 is 30.4 Å². The molecule has 0 aliphatic carbocycles. The fraction of sp³-hybridized carbons (Fsp3) is 0.400. The van der Waals surface area contributed by atoms with E-state index in [0.717, 1.165) is 5.56 Å². The topological polar surface area (TPSA) is 96.0 Å². The average molecular weight is 466 g/mol. The van der Waals surface area contributed by atoms with Gasteiger partial charge in [0.1, 0.15) is 12.3 Å². The van der Waals surface area contributed by atoms with Crippen LogP contribution in [0.25, 0.3) is 6.08 Å². The number of alkyl carbamates (subject to hydrolysis) is 1. The number of hydrogen-bond donors (Lipinski definition) is 1. The SMILES string of the molecule is CCOC(=O)c1cccc(C=C(CNC(=O)OCc2ccccc2)B2OC(C)(C)C(C)(C)O2)n1. The van der Waals surface area contributed by atoms with Crippen LogP contribution in [0.1, 0.15) is 56.4 Å². The van der Waals surface area contributed by atoms with Gasteiger partial charge in [-0.05, 0) is 63.9 Å². The van der Waals surface area contributed by atoms with Gasteiger partial charge in [0.05, 0.1) is 23.5 Å². The molecule has 3 rings (SSSR count). The largest absolute Gasteiger partial charge is 0.492 e. The van der Waals surface area contributed by atoms with Crippen LogP contribution in [0.3, 0.4) is 0 Å². The molecular formula is C25H31BN2O6. The molecule has 180 valence electrons. The second-order valence-electron chi connectivity index (χ2n) is 8.89. The fourth-order valence-corrected chi connectivity index (χ4v) is 3.19. The van der Waals surface area contributed by atoms with E-state index in [0.29, 0.717) is 11.2 Å². The molecule has 0 spiro atoms. The van der Waals surface area contributed by atoms with E-state index >= 15 is 0 Å². The lowest BCUT2D eigenvalue weighted by Crippen LogP contribution is -2.41. The Kier molecular flexibility index (Phi) is 8.12. The summed E-state index contributed by atoms with van der Waals surface area (Å²) in [7, 11) is -0.715. The maximum absolute atomic E-state index is 12.3. The standard InChI is InChI=1S/C25H31BN2O6/c1-6-31-22(29)21-14-10-13-20(28-21)15-19(26-33-24(2,3)25(4,5)34-26)16-27-23(30)32-17-18-11-8-7-9-12-18/h7-15H,6,16-17H2,1-5H3,(H,27,30). The summed E-state index contributed by atoms with van der Waals surface area (Å²) in [5, 5.41) is 2.75.